The van der Waals surface area contributed by atoms with Crippen molar-refractivity contribution in [1.82, 2.24) is 24.5 Å². The topological polar surface area (TPSA) is 115 Å². The van der Waals surface area contributed by atoms with E-state index >= 15 is 0 Å². The highest BCUT2D eigenvalue weighted by Gasteiger charge is 2.42. The lowest BCUT2D eigenvalue weighted by molar-refractivity contribution is -0.0299. The summed E-state index contributed by atoms with van der Waals surface area (Å²) >= 11 is 1.49. The first-order chi connectivity index (χ1) is 11.6. The summed E-state index contributed by atoms with van der Waals surface area (Å²) in [4.78, 5) is 16.7. The van der Waals surface area contributed by atoms with Crippen molar-refractivity contribution in [3.8, 4) is 5.88 Å². The van der Waals surface area contributed by atoms with Gasteiger partial charge in [0.25, 0.3) is 0 Å². The van der Waals surface area contributed by atoms with E-state index in [4.69, 9.17) is 9.47 Å². The van der Waals surface area contributed by atoms with Crippen LogP contribution in [0.25, 0.3) is 11.2 Å². The zero-order valence-corrected chi connectivity index (χ0v) is 13.5. The highest BCUT2D eigenvalue weighted by Crippen LogP contribution is 2.32. The van der Waals surface area contributed by atoms with Crippen LogP contribution in [0, 0.1) is 0 Å². The molecule has 126 valence electrons. The number of thiazole rings is 1. The maximum absolute atomic E-state index is 10.2. The second-order valence-electron chi connectivity index (χ2n) is 5.48. The minimum Gasteiger partial charge on any atom is -0.469 e. The second kappa shape index (κ2) is 6.06. The number of hydrogen-bond acceptors (Lipinski definition) is 9. The zero-order valence-electron chi connectivity index (χ0n) is 12.7. The molecule has 4 atom stereocenters. The molecule has 10 heteroatoms. The van der Waals surface area contributed by atoms with Gasteiger partial charge in [-0.2, -0.15) is 4.98 Å². The van der Waals surface area contributed by atoms with Gasteiger partial charge < -0.3 is 19.7 Å². The maximum Gasteiger partial charge on any atom is 0.245 e. The molecule has 0 amide bonds. The molecule has 2 N–H and O–H groups in total. The Balaban J connectivity index is 1.64. The van der Waals surface area contributed by atoms with Crippen LogP contribution in [0.4, 0.5) is 0 Å². The van der Waals surface area contributed by atoms with Gasteiger partial charge in [0.15, 0.2) is 17.4 Å². The van der Waals surface area contributed by atoms with Crippen molar-refractivity contribution in [3.05, 3.63) is 29.2 Å². The monoisotopic (exact) mass is 349 g/mol. The van der Waals surface area contributed by atoms with E-state index in [1.165, 1.54) is 24.0 Å². The highest BCUT2D eigenvalue weighted by molar-refractivity contribution is 7.07. The molecule has 1 fully saturated rings. The minimum atomic E-state index is -1.06. The molecule has 0 unspecified atom stereocenters. The lowest BCUT2D eigenvalue weighted by atomic mass is 10.1. The van der Waals surface area contributed by atoms with Crippen LogP contribution in [-0.2, 0) is 11.3 Å². The average molecular weight is 349 g/mol. The van der Waals surface area contributed by atoms with Gasteiger partial charge in [-0.25, -0.2) is 15.0 Å². The summed E-state index contributed by atoms with van der Waals surface area (Å²) in [6.07, 6.45) is -0.418. The number of aliphatic hydroxyl groups excluding tert-OH is 2. The van der Waals surface area contributed by atoms with E-state index in [2.05, 4.69) is 19.9 Å². The Morgan fingerprint density at radius 2 is 2.12 bits per heavy atom. The summed E-state index contributed by atoms with van der Waals surface area (Å²) in [5, 5.41) is 21.9. The molecule has 0 aromatic carbocycles. The number of imidazole rings is 1. The van der Waals surface area contributed by atoms with Crippen LogP contribution in [0.3, 0.4) is 0 Å². The van der Waals surface area contributed by atoms with E-state index < -0.39 is 24.5 Å². The predicted octanol–water partition coefficient (Wildman–Crippen LogP) is 0.501. The highest BCUT2D eigenvalue weighted by atomic mass is 32.1. The molecule has 9 nitrogen and oxygen atoms in total. The van der Waals surface area contributed by atoms with Gasteiger partial charge in [-0.15, -0.1) is 11.3 Å². The average Bonchev–Trinajstić information content (AvgIpc) is 3.30. The number of ether oxygens (including phenoxy) is 2. The Morgan fingerprint density at radius 1 is 1.25 bits per heavy atom. The van der Waals surface area contributed by atoms with E-state index in [1.807, 2.05) is 5.38 Å². The van der Waals surface area contributed by atoms with Crippen molar-refractivity contribution < 1.29 is 19.7 Å². The molecule has 1 aliphatic heterocycles. The number of hydrogen-bond donors (Lipinski definition) is 2. The van der Waals surface area contributed by atoms with Crippen molar-refractivity contribution in [1.29, 1.82) is 0 Å². The van der Waals surface area contributed by atoms with Crippen molar-refractivity contribution in [2.75, 3.05) is 0 Å². The molecule has 24 heavy (non-hydrogen) atoms. The largest absolute Gasteiger partial charge is 0.469 e. The van der Waals surface area contributed by atoms with Crippen LogP contribution in [0.2, 0.25) is 0 Å². The van der Waals surface area contributed by atoms with Gasteiger partial charge in [0.2, 0.25) is 5.88 Å². The molecule has 4 heterocycles. The number of nitrogens with zero attached hydrogens (tertiary/aromatic N) is 5. The molecular weight excluding hydrogens is 334 g/mol. The Labute approximate surface area is 140 Å². The van der Waals surface area contributed by atoms with Crippen LogP contribution >= 0.6 is 11.3 Å². The number of rotatable bonds is 4. The first kappa shape index (κ1) is 15.4. The summed E-state index contributed by atoms with van der Waals surface area (Å²) in [6.45, 7) is 1.98. The minimum absolute atomic E-state index is 0.279. The number of fused-ring (bicyclic) bond motifs is 1. The van der Waals surface area contributed by atoms with Crippen molar-refractivity contribution in [3.63, 3.8) is 0 Å². The molecule has 3 aromatic heterocycles. The van der Waals surface area contributed by atoms with Gasteiger partial charge in [0, 0.05) is 5.38 Å². The second-order valence-corrected chi connectivity index (χ2v) is 6.20. The van der Waals surface area contributed by atoms with Gasteiger partial charge >= 0.3 is 0 Å². The quantitative estimate of drug-likeness (QED) is 0.700. The van der Waals surface area contributed by atoms with E-state index in [1.54, 1.807) is 17.0 Å². The fraction of sp³-hybridized carbons (Fsp3) is 0.429. The van der Waals surface area contributed by atoms with Gasteiger partial charge in [0.1, 0.15) is 25.1 Å². The van der Waals surface area contributed by atoms with E-state index in [9.17, 15) is 10.2 Å². The molecular formula is C14H15N5O4S. The molecule has 4 rings (SSSR count). The fourth-order valence-electron chi connectivity index (χ4n) is 2.63. The standard InChI is InChI=1S/C14H15N5O4S/c1-7-10(20)11(21)14(23-7)19-5-17-9-12(19)15-4-16-13(9)22-2-8-3-24-6-18-8/h3-7,10-11,14,20-21H,2H2,1H3/t7-,10-,11-,14-/m1/s1. The molecule has 0 spiro atoms. The van der Waals surface area contributed by atoms with Crippen LogP contribution in [0.15, 0.2) is 23.5 Å². The van der Waals surface area contributed by atoms with Crippen molar-refractivity contribution in [2.24, 2.45) is 0 Å². The Hall–Kier alpha value is -2.14. The molecule has 0 aliphatic carbocycles. The number of aliphatic hydroxyl groups is 2. The third-order valence-electron chi connectivity index (χ3n) is 3.92. The van der Waals surface area contributed by atoms with Gasteiger partial charge in [-0.3, -0.25) is 4.57 Å². The van der Waals surface area contributed by atoms with Crippen LogP contribution in [0.5, 0.6) is 5.88 Å². The predicted molar refractivity (Wildman–Crippen MR) is 83.4 cm³/mol. The van der Waals surface area contributed by atoms with Crippen LogP contribution < -0.4 is 4.74 Å². The molecule has 1 saturated heterocycles. The van der Waals surface area contributed by atoms with Gasteiger partial charge in [0.05, 0.1) is 23.6 Å². The van der Waals surface area contributed by atoms with Crippen molar-refractivity contribution in [2.45, 2.75) is 38.1 Å². The molecule has 0 bridgehead atoms. The molecule has 3 aromatic rings. The Morgan fingerprint density at radius 3 is 2.83 bits per heavy atom. The van der Waals surface area contributed by atoms with Crippen LogP contribution in [0.1, 0.15) is 18.8 Å². The van der Waals surface area contributed by atoms with E-state index in [0.717, 1.165) is 5.69 Å². The smallest absolute Gasteiger partial charge is 0.245 e. The molecule has 0 saturated carbocycles. The molecule has 0 radical (unpaired) electrons. The summed E-state index contributed by atoms with van der Waals surface area (Å²) < 4.78 is 12.9. The third kappa shape index (κ3) is 2.53. The van der Waals surface area contributed by atoms with Gasteiger partial charge in [-0.1, -0.05) is 0 Å². The summed E-state index contributed by atoms with van der Waals surface area (Å²) in [5.41, 5.74) is 3.45. The van der Waals surface area contributed by atoms with Gasteiger partial charge in [-0.05, 0) is 6.92 Å². The summed E-state index contributed by atoms with van der Waals surface area (Å²) in [7, 11) is 0. The maximum atomic E-state index is 10.2. The van der Waals surface area contributed by atoms with E-state index in [0.29, 0.717) is 17.0 Å². The Kier molecular flexibility index (Phi) is 3.88. The van der Waals surface area contributed by atoms with Crippen molar-refractivity contribution >= 4 is 22.5 Å². The lowest BCUT2D eigenvalue weighted by Gasteiger charge is -2.16. The summed E-state index contributed by atoms with van der Waals surface area (Å²) in [6, 6.07) is 0. The lowest BCUT2D eigenvalue weighted by Crippen LogP contribution is -2.30. The molecule has 1 aliphatic rings. The van der Waals surface area contributed by atoms with E-state index in [-0.39, 0.29) is 6.61 Å². The summed E-state index contributed by atoms with van der Waals surface area (Å²) in [5.74, 6) is 0.327. The third-order valence-corrected chi connectivity index (χ3v) is 4.55. The zero-order chi connectivity index (χ0) is 16.7. The Bertz CT molecular complexity index is 839. The van der Waals surface area contributed by atoms with Crippen LogP contribution in [-0.4, -0.2) is 53.0 Å². The SMILES string of the molecule is C[C@H]1O[C@@H](n2cnc3c(OCc4cscn4)ncnc32)[C@H](O)[C@@H]1O. The first-order valence-corrected chi connectivity index (χ1v) is 8.28. The normalized spacial score (nSPS) is 27.0. The number of aromatic nitrogens is 5. The first-order valence-electron chi connectivity index (χ1n) is 7.34. The fourth-order valence-corrected chi connectivity index (χ4v) is 3.17.